The minimum absolute atomic E-state index is 0.0317. The van der Waals surface area contributed by atoms with Gasteiger partial charge in [0.2, 0.25) is 0 Å². The normalized spacial score (nSPS) is 17.3. The van der Waals surface area contributed by atoms with E-state index < -0.39 is 5.60 Å². The molecule has 4 heteroatoms. The minimum Gasteiger partial charge on any atom is -0.460 e. The molecule has 0 aliphatic heterocycles. The first-order valence-corrected chi connectivity index (χ1v) is 6.94. The first kappa shape index (κ1) is 13.5. The number of hydrogen-bond donors (Lipinski definition) is 0. The fraction of sp³-hybridized carbons (Fsp3) is 0.571. The second-order valence-electron chi connectivity index (χ2n) is 5.91. The highest BCUT2D eigenvalue weighted by molar-refractivity contribution is 9.10. The molecule has 0 radical (unpaired) electrons. The lowest BCUT2D eigenvalue weighted by atomic mass is 9.94. The highest BCUT2D eigenvalue weighted by atomic mass is 79.9. The summed E-state index contributed by atoms with van der Waals surface area (Å²) in [5, 5.41) is 0. The number of carbonyl (C=O) groups is 1. The molecule has 18 heavy (non-hydrogen) atoms. The van der Waals surface area contributed by atoms with Gasteiger partial charge in [0.15, 0.2) is 0 Å². The van der Waals surface area contributed by atoms with Gasteiger partial charge in [-0.05, 0) is 61.2 Å². The molecule has 1 aliphatic rings. The Labute approximate surface area is 116 Å². The maximum Gasteiger partial charge on any atom is 0.307 e. The van der Waals surface area contributed by atoms with Crippen LogP contribution in [-0.2, 0) is 14.9 Å². The molecule has 1 fully saturated rings. The molecule has 0 aromatic carbocycles. The second-order valence-corrected chi connectivity index (χ2v) is 6.73. The van der Waals surface area contributed by atoms with E-state index in [1.807, 2.05) is 39.1 Å². The molecule has 3 nitrogen and oxygen atoms in total. The van der Waals surface area contributed by atoms with Crippen molar-refractivity contribution in [3.63, 3.8) is 0 Å². The standard InChI is InChI=1S/C14H18BrNO2/c1-13(2,3)18-12(17)8-14(6-7-14)10-4-5-11(15)16-9-10/h4-5,9H,6-8H2,1-3H3. The quantitative estimate of drug-likeness (QED) is 0.632. The van der Waals surface area contributed by atoms with Gasteiger partial charge < -0.3 is 4.74 Å². The third-order valence-electron chi connectivity index (χ3n) is 3.10. The van der Waals surface area contributed by atoms with E-state index in [1.165, 1.54) is 0 Å². The van der Waals surface area contributed by atoms with E-state index >= 15 is 0 Å². The molecule has 1 aromatic rings. The summed E-state index contributed by atoms with van der Waals surface area (Å²) in [4.78, 5) is 16.1. The first-order chi connectivity index (χ1) is 8.31. The van der Waals surface area contributed by atoms with E-state index in [9.17, 15) is 4.79 Å². The summed E-state index contributed by atoms with van der Waals surface area (Å²) < 4.78 is 6.21. The van der Waals surface area contributed by atoms with Gasteiger partial charge in [0.1, 0.15) is 10.2 Å². The van der Waals surface area contributed by atoms with Crippen LogP contribution in [-0.4, -0.2) is 16.6 Å². The molecule has 0 N–H and O–H groups in total. The lowest BCUT2D eigenvalue weighted by Crippen LogP contribution is -2.26. The fourth-order valence-corrected chi connectivity index (χ4v) is 2.30. The Bertz CT molecular complexity index is 444. The van der Waals surface area contributed by atoms with Crippen LogP contribution in [0.4, 0.5) is 0 Å². The smallest absolute Gasteiger partial charge is 0.307 e. The SMILES string of the molecule is CC(C)(C)OC(=O)CC1(c2ccc(Br)nc2)CC1. The van der Waals surface area contributed by atoms with Gasteiger partial charge in [0.05, 0.1) is 6.42 Å². The third kappa shape index (κ3) is 3.31. The van der Waals surface area contributed by atoms with E-state index in [0.717, 1.165) is 23.0 Å². The van der Waals surface area contributed by atoms with Gasteiger partial charge in [0, 0.05) is 11.6 Å². The molecule has 0 spiro atoms. The van der Waals surface area contributed by atoms with Gasteiger partial charge in [-0.1, -0.05) is 6.07 Å². The van der Waals surface area contributed by atoms with Crippen LogP contribution in [0, 0.1) is 0 Å². The molecular weight excluding hydrogens is 294 g/mol. The number of ether oxygens (including phenoxy) is 1. The Morgan fingerprint density at radius 3 is 2.56 bits per heavy atom. The topological polar surface area (TPSA) is 39.2 Å². The lowest BCUT2D eigenvalue weighted by Gasteiger charge is -2.22. The molecule has 1 saturated carbocycles. The zero-order valence-corrected chi connectivity index (χ0v) is 12.6. The number of pyridine rings is 1. The van der Waals surface area contributed by atoms with Gasteiger partial charge in [-0.2, -0.15) is 0 Å². The van der Waals surface area contributed by atoms with Crippen LogP contribution in [0.5, 0.6) is 0 Å². The molecule has 0 unspecified atom stereocenters. The Morgan fingerprint density at radius 2 is 2.11 bits per heavy atom. The number of nitrogens with zero attached hydrogens (tertiary/aromatic N) is 1. The summed E-state index contributed by atoms with van der Waals surface area (Å²) >= 11 is 3.32. The maximum absolute atomic E-state index is 11.9. The molecule has 0 atom stereocenters. The van der Waals surface area contributed by atoms with Crippen LogP contribution in [0.2, 0.25) is 0 Å². The highest BCUT2D eigenvalue weighted by Gasteiger charge is 2.46. The molecule has 1 heterocycles. The predicted octanol–water partition coefficient (Wildman–Crippen LogP) is 3.61. The number of hydrogen-bond acceptors (Lipinski definition) is 3. The van der Waals surface area contributed by atoms with E-state index in [-0.39, 0.29) is 11.4 Å². The lowest BCUT2D eigenvalue weighted by molar-refractivity contribution is -0.155. The molecule has 0 saturated heterocycles. The third-order valence-corrected chi connectivity index (χ3v) is 3.57. The predicted molar refractivity (Wildman–Crippen MR) is 73.3 cm³/mol. The van der Waals surface area contributed by atoms with Gasteiger partial charge in [-0.15, -0.1) is 0 Å². The van der Waals surface area contributed by atoms with Crippen molar-refractivity contribution in [1.29, 1.82) is 0 Å². The van der Waals surface area contributed by atoms with E-state index in [2.05, 4.69) is 20.9 Å². The Morgan fingerprint density at radius 1 is 1.44 bits per heavy atom. The van der Waals surface area contributed by atoms with Crippen molar-refractivity contribution in [3.05, 3.63) is 28.5 Å². The van der Waals surface area contributed by atoms with Crippen LogP contribution in [0.1, 0.15) is 45.6 Å². The van der Waals surface area contributed by atoms with Crippen LogP contribution in [0.15, 0.2) is 22.9 Å². The van der Waals surface area contributed by atoms with Crippen LogP contribution in [0.3, 0.4) is 0 Å². The summed E-state index contributed by atoms with van der Waals surface area (Å²) in [5.41, 5.74) is 0.692. The molecule has 0 bridgehead atoms. The summed E-state index contributed by atoms with van der Waals surface area (Å²) in [7, 11) is 0. The summed E-state index contributed by atoms with van der Waals surface area (Å²) in [6.45, 7) is 5.68. The zero-order valence-electron chi connectivity index (χ0n) is 11.0. The first-order valence-electron chi connectivity index (χ1n) is 6.15. The molecule has 98 valence electrons. The van der Waals surface area contributed by atoms with Crippen molar-refractivity contribution in [2.75, 3.05) is 0 Å². The molecular formula is C14H18BrNO2. The summed E-state index contributed by atoms with van der Waals surface area (Å²) in [6, 6.07) is 3.96. The number of rotatable bonds is 3. The van der Waals surface area contributed by atoms with E-state index in [0.29, 0.717) is 6.42 Å². The van der Waals surface area contributed by atoms with Gasteiger partial charge in [0.25, 0.3) is 0 Å². The van der Waals surface area contributed by atoms with Crippen molar-refractivity contribution >= 4 is 21.9 Å². The second kappa shape index (κ2) is 4.65. The molecule has 0 amide bonds. The van der Waals surface area contributed by atoms with Gasteiger partial charge >= 0.3 is 5.97 Å². The number of esters is 1. The molecule has 2 rings (SSSR count). The summed E-state index contributed by atoms with van der Waals surface area (Å²) in [6.07, 6.45) is 4.38. The molecule has 1 aliphatic carbocycles. The van der Waals surface area contributed by atoms with E-state index in [1.54, 1.807) is 0 Å². The molecule has 1 aromatic heterocycles. The van der Waals surface area contributed by atoms with Crippen LogP contribution >= 0.6 is 15.9 Å². The highest BCUT2D eigenvalue weighted by Crippen LogP contribution is 2.51. The van der Waals surface area contributed by atoms with Crippen molar-refractivity contribution < 1.29 is 9.53 Å². The Kier molecular flexibility index (Phi) is 3.49. The zero-order chi connectivity index (χ0) is 13.4. The maximum atomic E-state index is 11.9. The van der Waals surface area contributed by atoms with Crippen molar-refractivity contribution in [1.82, 2.24) is 4.98 Å². The van der Waals surface area contributed by atoms with Crippen molar-refractivity contribution in [2.24, 2.45) is 0 Å². The largest absolute Gasteiger partial charge is 0.460 e. The number of halogens is 1. The monoisotopic (exact) mass is 311 g/mol. The van der Waals surface area contributed by atoms with Crippen LogP contribution in [0.25, 0.3) is 0 Å². The van der Waals surface area contributed by atoms with Gasteiger partial charge in [-0.3, -0.25) is 4.79 Å². The Balaban J connectivity index is 2.04. The van der Waals surface area contributed by atoms with Crippen LogP contribution < -0.4 is 0 Å². The number of aromatic nitrogens is 1. The van der Waals surface area contributed by atoms with Crippen molar-refractivity contribution in [2.45, 2.75) is 51.0 Å². The van der Waals surface area contributed by atoms with Crippen molar-refractivity contribution in [3.8, 4) is 0 Å². The fourth-order valence-electron chi connectivity index (χ4n) is 2.06. The minimum atomic E-state index is -0.412. The Hall–Kier alpha value is -0.900. The summed E-state index contributed by atoms with van der Waals surface area (Å²) in [5.74, 6) is -0.122. The average Bonchev–Trinajstić information content (AvgIpc) is 2.96. The number of carbonyl (C=O) groups excluding carboxylic acids is 1. The average molecular weight is 312 g/mol. The van der Waals surface area contributed by atoms with E-state index in [4.69, 9.17) is 4.74 Å². The van der Waals surface area contributed by atoms with Gasteiger partial charge in [-0.25, -0.2) is 4.98 Å².